The Morgan fingerprint density at radius 3 is 2.71 bits per heavy atom. The smallest absolute Gasteiger partial charge is 0.345 e. The minimum Gasteiger partial charge on any atom is -0.496 e. The molecule has 0 bridgehead atoms. The first-order valence-electron chi connectivity index (χ1n) is 11.2. The molecule has 1 atom stereocenters. The Bertz CT molecular complexity index is 1660. The first-order valence-corrected chi connectivity index (χ1v) is 12.0. The molecule has 2 aromatic heterocycles. The lowest BCUT2D eigenvalue weighted by Gasteiger charge is -2.18. The lowest BCUT2D eigenvalue weighted by Crippen LogP contribution is -2.44. The molecule has 9 nitrogen and oxygen atoms in total. The fourth-order valence-corrected chi connectivity index (χ4v) is 5.62. The van der Waals surface area contributed by atoms with Crippen molar-refractivity contribution in [1.29, 1.82) is 0 Å². The van der Waals surface area contributed by atoms with Crippen LogP contribution in [0.2, 0.25) is 0 Å². The topological polar surface area (TPSA) is 102 Å². The van der Waals surface area contributed by atoms with E-state index >= 15 is 0 Å². The number of carbonyl (C=O) groups is 1. The fraction of sp³-hybridized carbons (Fsp3) is 0.280. The van der Waals surface area contributed by atoms with Crippen LogP contribution in [0, 0.1) is 0 Å². The Morgan fingerprint density at radius 1 is 1.17 bits per heavy atom. The Morgan fingerprint density at radius 2 is 1.97 bits per heavy atom. The molecule has 1 aliphatic carbocycles. The largest absolute Gasteiger partial charge is 0.496 e. The summed E-state index contributed by atoms with van der Waals surface area (Å²) in [7, 11) is 3.26. The lowest BCUT2D eigenvalue weighted by atomic mass is 10.1. The molecule has 1 unspecified atom stereocenters. The summed E-state index contributed by atoms with van der Waals surface area (Å²) in [4.78, 5) is 51.9. The summed E-state index contributed by atoms with van der Waals surface area (Å²) in [6.07, 6.45) is 2.37. The van der Waals surface area contributed by atoms with Gasteiger partial charge in [-0.1, -0.05) is 23.5 Å². The number of methoxy groups -OCH3 is 1. The van der Waals surface area contributed by atoms with Crippen molar-refractivity contribution >= 4 is 27.5 Å². The van der Waals surface area contributed by atoms with Gasteiger partial charge >= 0.3 is 16.5 Å². The molecule has 0 N–H and O–H groups in total. The molecule has 10 heteroatoms. The van der Waals surface area contributed by atoms with Crippen molar-refractivity contribution in [2.75, 3.05) is 13.7 Å². The zero-order valence-corrected chi connectivity index (χ0v) is 20.3. The fourth-order valence-electron chi connectivity index (χ4n) is 4.71. The molecule has 35 heavy (non-hydrogen) atoms. The number of aromatic nitrogens is 3. The van der Waals surface area contributed by atoms with Crippen molar-refractivity contribution in [3.8, 4) is 11.4 Å². The summed E-state index contributed by atoms with van der Waals surface area (Å²) in [6.45, 7) is 1.74. The molecule has 0 aliphatic heterocycles. The zero-order valence-electron chi connectivity index (χ0n) is 19.4. The maximum atomic E-state index is 13.8. The van der Waals surface area contributed by atoms with Crippen LogP contribution in [0.1, 0.15) is 40.9 Å². The summed E-state index contributed by atoms with van der Waals surface area (Å²) in [6, 6.07) is 10.1. The first-order chi connectivity index (χ1) is 16.8. The van der Waals surface area contributed by atoms with E-state index in [1.54, 1.807) is 39.3 Å². The number of aryl methyl sites for hydroxylation is 1. The number of fused-ring (bicyclic) bond motifs is 2. The molecule has 0 spiro atoms. The van der Waals surface area contributed by atoms with Gasteiger partial charge in [0.15, 0.2) is 0 Å². The molecule has 0 amide bonds. The minimum absolute atomic E-state index is 0.0881. The van der Waals surface area contributed by atoms with Crippen molar-refractivity contribution in [3.63, 3.8) is 0 Å². The van der Waals surface area contributed by atoms with Crippen LogP contribution in [0.25, 0.3) is 15.9 Å². The number of ether oxygens (including phenoxy) is 2. The van der Waals surface area contributed by atoms with E-state index in [2.05, 4.69) is 0 Å². The normalized spacial score (nSPS) is 14.8. The van der Waals surface area contributed by atoms with Crippen LogP contribution >= 0.6 is 11.3 Å². The molecule has 5 rings (SSSR count). The van der Waals surface area contributed by atoms with E-state index in [1.807, 2.05) is 18.2 Å². The Balaban J connectivity index is 1.77. The predicted octanol–water partition coefficient (Wildman–Crippen LogP) is 2.63. The molecule has 180 valence electrons. The second-order valence-electron chi connectivity index (χ2n) is 8.25. The predicted molar refractivity (Wildman–Crippen MR) is 132 cm³/mol. The van der Waals surface area contributed by atoms with Gasteiger partial charge in [0.05, 0.1) is 35.7 Å². The van der Waals surface area contributed by atoms with Crippen molar-refractivity contribution in [1.82, 2.24) is 13.7 Å². The summed E-state index contributed by atoms with van der Waals surface area (Å²) in [5, 5.41) is 0. The third-order valence-corrected chi connectivity index (χ3v) is 7.39. The molecule has 0 radical (unpaired) electrons. The van der Waals surface area contributed by atoms with Gasteiger partial charge in [0.1, 0.15) is 11.3 Å². The second-order valence-corrected chi connectivity index (χ2v) is 9.25. The maximum Gasteiger partial charge on any atom is 0.345 e. The Hall–Kier alpha value is -3.92. The van der Waals surface area contributed by atoms with Crippen LogP contribution in [0.5, 0.6) is 5.75 Å². The monoisotopic (exact) mass is 493 g/mol. The van der Waals surface area contributed by atoms with Gasteiger partial charge in [-0.2, -0.15) is 0 Å². The molecule has 0 saturated carbocycles. The molecule has 2 aromatic carbocycles. The molecular formula is C25H23N3O6S. The zero-order chi connectivity index (χ0) is 24.9. The number of hydrogen-bond donors (Lipinski definition) is 0. The highest BCUT2D eigenvalue weighted by Gasteiger charge is 2.31. The van der Waals surface area contributed by atoms with Crippen LogP contribution < -0.4 is 20.9 Å². The van der Waals surface area contributed by atoms with Crippen LogP contribution in [-0.4, -0.2) is 33.4 Å². The summed E-state index contributed by atoms with van der Waals surface area (Å²) >= 11 is 1.06. The highest BCUT2D eigenvalue weighted by molar-refractivity contribution is 7.16. The Labute approximate surface area is 203 Å². The number of rotatable bonds is 5. The van der Waals surface area contributed by atoms with Gasteiger partial charge in [-0.3, -0.25) is 18.7 Å². The van der Waals surface area contributed by atoms with Crippen LogP contribution in [-0.2, 0) is 18.2 Å². The van der Waals surface area contributed by atoms with E-state index in [0.717, 1.165) is 32.5 Å². The van der Waals surface area contributed by atoms with E-state index in [0.29, 0.717) is 29.0 Å². The average Bonchev–Trinajstić information content (AvgIpc) is 3.39. The number of nitrogens with zero attached hydrogens (tertiary/aromatic N) is 3. The van der Waals surface area contributed by atoms with E-state index < -0.39 is 23.3 Å². The van der Waals surface area contributed by atoms with Crippen LogP contribution in [0.15, 0.2) is 57.0 Å². The van der Waals surface area contributed by atoms with Gasteiger partial charge in [-0.15, -0.1) is 0 Å². The van der Waals surface area contributed by atoms with Crippen molar-refractivity contribution in [3.05, 3.63) is 89.8 Å². The van der Waals surface area contributed by atoms with E-state index in [4.69, 9.17) is 9.47 Å². The number of hydrogen-bond acceptors (Lipinski definition) is 7. The van der Waals surface area contributed by atoms with Gasteiger partial charge in [-0.25, -0.2) is 9.59 Å². The van der Waals surface area contributed by atoms with Crippen LogP contribution in [0.3, 0.4) is 0 Å². The summed E-state index contributed by atoms with van der Waals surface area (Å²) in [5.74, 6) is -0.0985. The number of thiazole rings is 1. The number of benzene rings is 2. The molecule has 0 fully saturated rings. The van der Waals surface area contributed by atoms with Gasteiger partial charge in [-0.05, 0) is 55.2 Å². The lowest BCUT2D eigenvalue weighted by molar-refractivity contribution is 0.0522. The molecular weight excluding hydrogens is 470 g/mol. The number of carbonyl (C=O) groups excluding carboxylic acids is 1. The standard InChI is InChI=1S/C25H23N3O6S/c1-4-34-23(30)17-13-27(14-8-10-19-21(12-14)35-25(32)26(19)2)24(31)28(22(17)29)18-11-9-16-15(18)6-5-7-20(16)33-3/h5-8,10,12-13,18H,4,9,11H2,1-3H3. The summed E-state index contributed by atoms with van der Waals surface area (Å²) < 4.78 is 15.2. The van der Waals surface area contributed by atoms with Crippen molar-refractivity contribution in [2.24, 2.45) is 7.05 Å². The van der Waals surface area contributed by atoms with Crippen LogP contribution in [0.4, 0.5) is 0 Å². The molecule has 2 heterocycles. The first kappa shape index (κ1) is 22.9. The molecule has 0 saturated heterocycles. The summed E-state index contributed by atoms with van der Waals surface area (Å²) in [5.41, 5.74) is 1.41. The van der Waals surface area contributed by atoms with E-state index in [9.17, 15) is 19.2 Å². The Kier molecular flexibility index (Phi) is 5.68. The van der Waals surface area contributed by atoms with E-state index in [-0.39, 0.29) is 17.0 Å². The van der Waals surface area contributed by atoms with Gasteiger partial charge < -0.3 is 14.0 Å². The third kappa shape index (κ3) is 3.61. The minimum atomic E-state index is -0.797. The molecule has 4 aromatic rings. The van der Waals surface area contributed by atoms with Crippen molar-refractivity contribution in [2.45, 2.75) is 25.8 Å². The molecule has 1 aliphatic rings. The van der Waals surface area contributed by atoms with Crippen molar-refractivity contribution < 1.29 is 14.3 Å². The quantitative estimate of drug-likeness (QED) is 0.396. The number of esters is 1. The average molecular weight is 494 g/mol. The SMILES string of the molecule is CCOC(=O)c1cn(-c2ccc3c(c2)sc(=O)n3C)c(=O)n(C2CCc3c(OC)cccc32)c1=O. The van der Waals surface area contributed by atoms with Gasteiger partial charge in [0.2, 0.25) is 0 Å². The second kappa shape index (κ2) is 8.70. The van der Waals surface area contributed by atoms with Gasteiger partial charge in [0, 0.05) is 13.2 Å². The highest BCUT2D eigenvalue weighted by atomic mass is 32.1. The maximum absolute atomic E-state index is 13.8. The highest BCUT2D eigenvalue weighted by Crippen LogP contribution is 2.38. The van der Waals surface area contributed by atoms with Gasteiger partial charge in [0.25, 0.3) is 5.56 Å². The third-order valence-electron chi connectivity index (χ3n) is 6.40. The van der Waals surface area contributed by atoms with E-state index in [1.165, 1.54) is 15.3 Å².